The highest BCUT2D eigenvalue weighted by Gasteiger charge is 2.24. The molecular formula is C14H21N3O. The summed E-state index contributed by atoms with van der Waals surface area (Å²) in [5.74, 6) is -0.0335. The van der Waals surface area contributed by atoms with Crippen LogP contribution < -0.4 is 5.73 Å². The SMILES string of the molecule is CC(C)N1CCC[C@@H](c2cccc(C(N)=O)n2)C1. The van der Waals surface area contributed by atoms with Crippen LogP contribution in [-0.2, 0) is 0 Å². The molecule has 1 amide bonds. The first-order chi connectivity index (χ1) is 8.58. The molecule has 0 bridgehead atoms. The van der Waals surface area contributed by atoms with Crippen LogP contribution in [0.25, 0.3) is 0 Å². The van der Waals surface area contributed by atoms with E-state index in [4.69, 9.17) is 5.73 Å². The van der Waals surface area contributed by atoms with Crippen LogP contribution in [0, 0.1) is 0 Å². The Kier molecular flexibility index (Phi) is 3.97. The maximum absolute atomic E-state index is 11.2. The number of nitrogens with two attached hydrogens (primary N) is 1. The summed E-state index contributed by atoms with van der Waals surface area (Å²) >= 11 is 0. The number of aromatic nitrogens is 1. The maximum Gasteiger partial charge on any atom is 0.267 e. The molecule has 4 nitrogen and oxygen atoms in total. The Morgan fingerprint density at radius 2 is 2.28 bits per heavy atom. The number of rotatable bonds is 3. The zero-order valence-corrected chi connectivity index (χ0v) is 11.1. The Morgan fingerprint density at radius 3 is 2.94 bits per heavy atom. The summed E-state index contributed by atoms with van der Waals surface area (Å²) in [6, 6.07) is 6.11. The van der Waals surface area contributed by atoms with Crippen LogP contribution in [0.3, 0.4) is 0 Å². The van der Waals surface area contributed by atoms with E-state index in [1.807, 2.05) is 12.1 Å². The lowest BCUT2D eigenvalue weighted by Gasteiger charge is -2.35. The van der Waals surface area contributed by atoms with Gasteiger partial charge in [-0.05, 0) is 45.4 Å². The van der Waals surface area contributed by atoms with Crippen LogP contribution in [-0.4, -0.2) is 34.9 Å². The minimum absolute atomic E-state index is 0.370. The van der Waals surface area contributed by atoms with Crippen molar-refractivity contribution in [1.29, 1.82) is 0 Å². The number of piperidine rings is 1. The highest BCUT2D eigenvalue weighted by molar-refractivity contribution is 5.90. The van der Waals surface area contributed by atoms with Crippen molar-refractivity contribution in [1.82, 2.24) is 9.88 Å². The van der Waals surface area contributed by atoms with Gasteiger partial charge in [0.05, 0.1) is 0 Å². The summed E-state index contributed by atoms with van der Waals surface area (Å²) in [6.07, 6.45) is 2.32. The van der Waals surface area contributed by atoms with Crippen molar-refractivity contribution in [3.05, 3.63) is 29.6 Å². The van der Waals surface area contributed by atoms with Crippen LogP contribution in [0.4, 0.5) is 0 Å². The van der Waals surface area contributed by atoms with Gasteiger partial charge >= 0.3 is 0 Å². The third-order valence-corrected chi connectivity index (χ3v) is 3.62. The molecule has 0 spiro atoms. The Morgan fingerprint density at radius 1 is 1.50 bits per heavy atom. The van der Waals surface area contributed by atoms with E-state index in [1.165, 1.54) is 6.42 Å². The van der Waals surface area contributed by atoms with Gasteiger partial charge in [-0.2, -0.15) is 0 Å². The number of hydrogen-bond acceptors (Lipinski definition) is 3. The normalized spacial score (nSPS) is 21.2. The number of carbonyl (C=O) groups excluding carboxylic acids is 1. The molecular weight excluding hydrogens is 226 g/mol. The molecule has 0 radical (unpaired) electrons. The Balaban J connectivity index is 2.15. The second-order valence-corrected chi connectivity index (χ2v) is 5.24. The Labute approximate surface area is 108 Å². The molecule has 1 aliphatic heterocycles. The molecule has 18 heavy (non-hydrogen) atoms. The first-order valence-corrected chi connectivity index (χ1v) is 6.58. The van der Waals surface area contributed by atoms with Crippen molar-refractivity contribution in [3.63, 3.8) is 0 Å². The number of hydrogen-bond donors (Lipinski definition) is 1. The van der Waals surface area contributed by atoms with E-state index in [2.05, 4.69) is 23.7 Å². The van der Waals surface area contributed by atoms with E-state index < -0.39 is 5.91 Å². The fraction of sp³-hybridized carbons (Fsp3) is 0.571. The van der Waals surface area contributed by atoms with Gasteiger partial charge in [-0.1, -0.05) is 6.07 Å². The minimum Gasteiger partial charge on any atom is -0.364 e. The largest absolute Gasteiger partial charge is 0.364 e. The number of primary amides is 1. The predicted molar refractivity (Wildman–Crippen MR) is 71.4 cm³/mol. The van der Waals surface area contributed by atoms with Crippen molar-refractivity contribution in [2.75, 3.05) is 13.1 Å². The van der Waals surface area contributed by atoms with Gasteiger partial charge in [-0.15, -0.1) is 0 Å². The van der Waals surface area contributed by atoms with Crippen LogP contribution in [0.15, 0.2) is 18.2 Å². The molecule has 98 valence electrons. The smallest absolute Gasteiger partial charge is 0.267 e. The van der Waals surface area contributed by atoms with Crippen molar-refractivity contribution in [2.24, 2.45) is 5.73 Å². The average Bonchev–Trinajstić information content (AvgIpc) is 2.39. The molecule has 1 fully saturated rings. The molecule has 0 saturated carbocycles. The molecule has 2 N–H and O–H groups in total. The Bertz CT molecular complexity index is 431. The van der Waals surface area contributed by atoms with Gasteiger partial charge < -0.3 is 10.6 Å². The van der Waals surface area contributed by atoms with E-state index in [-0.39, 0.29) is 0 Å². The topological polar surface area (TPSA) is 59.2 Å². The molecule has 1 saturated heterocycles. The lowest BCUT2D eigenvalue weighted by atomic mass is 9.93. The first-order valence-electron chi connectivity index (χ1n) is 6.58. The van der Waals surface area contributed by atoms with E-state index >= 15 is 0 Å². The molecule has 1 aromatic rings. The summed E-state index contributed by atoms with van der Waals surface area (Å²) in [5.41, 5.74) is 6.64. The quantitative estimate of drug-likeness (QED) is 0.885. The molecule has 2 rings (SSSR count). The molecule has 0 unspecified atom stereocenters. The minimum atomic E-state index is -0.451. The second-order valence-electron chi connectivity index (χ2n) is 5.24. The van der Waals surface area contributed by atoms with Crippen molar-refractivity contribution in [3.8, 4) is 0 Å². The van der Waals surface area contributed by atoms with Crippen LogP contribution >= 0.6 is 0 Å². The van der Waals surface area contributed by atoms with E-state index in [9.17, 15) is 4.79 Å². The summed E-state index contributed by atoms with van der Waals surface area (Å²) in [5, 5.41) is 0. The summed E-state index contributed by atoms with van der Waals surface area (Å²) in [7, 11) is 0. The zero-order chi connectivity index (χ0) is 13.1. The van der Waals surface area contributed by atoms with Gasteiger partial charge in [0.25, 0.3) is 5.91 Å². The number of nitrogens with zero attached hydrogens (tertiary/aromatic N) is 2. The van der Waals surface area contributed by atoms with Gasteiger partial charge in [0.1, 0.15) is 5.69 Å². The second kappa shape index (κ2) is 5.48. The van der Waals surface area contributed by atoms with Gasteiger partial charge in [0.15, 0.2) is 0 Å². The Hall–Kier alpha value is -1.42. The van der Waals surface area contributed by atoms with Gasteiger partial charge in [-0.3, -0.25) is 4.79 Å². The zero-order valence-electron chi connectivity index (χ0n) is 11.1. The van der Waals surface area contributed by atoms with Crippen LogP contribution in [0.5, 0.6) is 0 Å². The molecule has 1 aromatic heterocycles. The monoisotopic (exact) mass is 247 g/mol. The number of amides is 1. The predicted octanol–water partition coefficient (Wildman–Crippen LogP) is 1.77. The highest BCUT2D eigenvalue weighted by atomic mass is 16.1. The standard InChI is InChI=1S/C14H21N3O/c1-10(2)17-8-4-5-11(9-17)12-6-3-7-13(16-12)14(15)18/h3,6-7,10-11H,4-5,8-9H2,1-2H3,(H2,15,18)/t11-/m1/s1. The van der Waals surface area contributed by atoms with Crippen molar-refractivity contribution >= 4 is 5.91 Å². The fourth-order valence-electron chi connectivity index (χ4n) is 2.53. The van der Waals surface area contributed by atoms with Gasteiger partial charge in [0, 0.05) is 24.2 Å². The van der Waals surface area contributed by atoms with E-state index in [0.29, 0.717) is 17.7 Å². The molecule has 4 heteroatoms. The fourth-order valence-corrected chi connectivity index (χ4v) is 2.53. The maximum atomic E-state index is 11.2. The summed E-state index contributed by atoms with van der Waals surface area (Å²) < 4.78 is 0. The first kappa shape index (κ1) is 13.0. The van der Waals surface area contributed by atoms with E-state index in [1.54, 1.807) is 6.07 Å². The number of pyridine rings is 1. The van der Waals surface area contributed by atoms with Gasteiger partial charge in [0.2, 0.25) is 0 Å². The van der Waals surface area contributed by atoms with Crippen molar-refractivity contribution in [2.45, 2.75) is 38.6 Å². The number of carbonyl (C=O) groups is 1. The molecule has 1 aliphatic rings. The van der Waals surface area contributed by atoms with E-state index in [0.717, 1.165) is 25.2 Å². The third kappa shape index (κ3) is 2.88. The van der Waals surface area contributed by atoms with Crippen LogP contribution in [0.2, 0.25) is 0 Å². The molecule has 0 aliphatic carbocycles. The van der Waals surface area contributed by atoms with Gasteiger partial charge in [-0.25, -0.2) is 4.98 Å². The highest BCUT2D eigenvalue weighted by Crippen LogP contribution is 2.26. The lowest BCUT2D eigenvalue weighted by Crippen LogP contribution is -2.39. The molecule has 0 aromatic carbocycles. The average molecular weight is 247 g/mol. The summed E-state index contributed by atoms with van der Waals surface area (Å²) in [4.78, 5) is 18.0. The molecule has 2 heterocycles. The third-order valence-electron chi connectivity index (χ3n) is 3.62. The number of likely N-dealkylation sites (tertiary alicyclic amines) is 1. The van der Waals surface area contributed by atoms with Crippen LogP contribution in [0.1, 0.15) is 48.8 Å². The molecule has 1 atom stereocenters. The van der Waals surface area contributed by atoms with Crippen molar-refractivity contribution < 1.29 is 4.79 Å². The lowest BCUT2D eigenvalue weighted by molar-refractivity contribution is 0.0995. The summed E-state index contributed by atoms with van der Waals surface area (Å²) in [6.45, 7) is 6.61.